The summed E-state index contributed by atoms with van der Waals surface area (Å²) in [5.74, 6) is 0.679. The van der Waals surface area contributed by atoms with E-state index in [4.69, 9.17) is 0 Å². The monoisotopic (exact) mass is 460 g/mol. The lowest BCUT2D eigenvalue weighted by Crippen LogP contribution is -2.39. The highest BCUT2D eigenvalue weighted by atomic mass is 32.2. The first-order valence-corrected chi connectivity index (χ1v) is 12.0. The Morgan fingerprint density at radius 1 is 1.03 bits per heavy atom. The number of aromatic nitrogens is 1. The summed E-state index contributed by atoms with van der Waals surface area (Å²) in [6.07, 6.45) is 0.788. The Hall–Kier alpha value is -3.32. The molecule has 1 aliphatic rings. The van der Waals surface area contributed by atoms with Crippen LogP contribution in [0.3, 0.4) is 0 Å². The Bertz CT molecular complexity index is 1180. The van der Waals surface area contributed by atoms with Crippen LogP contribution in [0.4, 0.5) is 16.2 Å². The number of pyridine rings is 1. The van der Waals surface area contributed by atoms with Crippen molar-refractivity contribution in [2.24, 2.45) is 0 Å². The van der Waals surface area contributed by atoms with Crippen molar-refractivity contribution in [3.63, 3.8) is 0 Å². The number of carbonyl (C=O) groups excluding carboxylic acids is 2. The first-order chi connectivity index (χ1) is 15.9. The van der Waals surface area contributed by atoms with Gasteiger partial charge in [0.05, 0.1) is 5.69 Å². The van der Waals surface area contributed by atoms with E-state index in [9.17, 15) is 9.59 Å². The molecule has 0 saturated carbocycles. The standard InChI is InChI=1S/C26H28N4O2S/c1-17-6-4-5-7-20(17)12-13-27-24(31)21-8-10-22(11-9-21)29-26(32)30-14-15-33-25-23(30)18(2)16-19(3)28-25/h4-11,16H,12-15H2,1-3H3,(H,27,31)(H,29,32). The summed E-state index contributed by atoms with van der Waals surface area (Å²) < 4.78 is 0. The zero-order valence-electron chi connectivity index (χ0n) is 19.1. The first kappa shape index (κ1) is 22.9. The maximum Gasteiger partial charge on any atom is 0.326 e. The van der Waals surface area contributed by atoms with Crippen LogP contribution in [0, 0.1) is 20.8 Å². The van der Waals surface area contributed by atoms with E-state index in [0.717, 1.165) is 34.1 Å². The fourth-order valence-corrected chi connectivity index (χ4v) is 5.06. The summed E-state index contributed by atoms with van der Waals surface area (Å²) in [6, 6.07) is 17.0. The Morgan fingerprint density at radius 3 is 2.55 bits per heavy atom. The zero-order chi connectivity index (χ0) is 23.4. The molecule has 3 aromatic rings. The number of urea groups is 1. The van der Waals surface area contributed by atoms with Gasteiger partial charge in [-0.2, -0.15) is 0 Å². The molecule has 6 nitrogen and oxygen atoms in total. The first-order valence-electron chi connectivity index (χ1n) is 11.0. The van der Waals surface area contributed by atoms with E-state index in [1.807, 2.05) is 32.0 Å². The van der Waals surface area contributed by atoms with Gasteiger partial charge in [-0.1, -0.05) is 24.3 Å². The molecule has 0 fully saturated rings. The number of benzene rings is 2. The lowest BCUT2D eigenvalue weighted by molar-refractivity contribution is 0.0954. The average Bonchev–Trinajstić information content (AvgIpc) is 2.80. The van der Waals surface area contributed by atoms with Gasteiger partial charge in [-0.15, -0.1) is 11.8 Å². The summed E-state index contributed by atoms with van der Waals surface area (Å²) in [6.45, 7) is 7.24. The molecule has 2 aromatic carbocycles. The van der Waals surface area contributed by atoms with Crippen molar-refractivity contribution in [3.05, 3.63) is 82.5 Å². The molecule has 0 unspecified atom stereocenters. The van der Waals surface area contributed by atoms with E-state index >= 15 is 0 Å². The van der Waals surface area contributed by atoms with Gasteiger partial charge in [0.2, 0.25) is 0 Å². The number of aryl methyl sites for hydroxylation is 3. The number of anilines is 2. The molecule has 7 heteroatoms. The average molecular weight is 461 g/mol. The summed E-state index contributed by atoms with van der Waals surface area (Å²) in [4.78, 5) is 31.8. The van der Waals surface area contributed by atoms with Crippen molar-refractivity contribution in [1.82, 2.24) is 10.3 Å². The second kappa shape index (κ2) is 10.1. The van der Waals surface area contributed by atoms with Gasteiger partial charge < -0.3 is 10.6 Å². The zero-order valence-corrected chi connectivity index (χ0v) is 20.0. The quantitative estimate of drug-likeness (QED) is 0.554. The molecule has 2 N–H and O–H groups in total. The Kier molecular flexibility index (Phi) is 6.99. The lowest BCUT2D eigenvalue weighted by Gasteiger charge is -2.30. The van der Waals surface area contributed by atoms with E-state index in [2.05, 4.69) is 34.7 Å². The van der Waals surface area contributed by atoms with Gasteiger partial charge in [0.15, 0.2) is 0 Å². The van der Waals surface area contributed by atoms with E-state index < -0.39 is 0 Å². The van der Waals surface area contributed by atoms with Gasteiger partial charge in [-0.25, -0.2) is 9.78 Å². The van der Waals surface area contributed by atoms with E-state index in [0.29, 0.717) is 24.3 Å². The second-order valence-corrected chi connectivity index (χ2v) is 9.26. The van der Waals surface area contributed by atoms with Crippen LogP contribution in [0.5, 0.6) is 0 Å². The van der Waals surface area contributed by atoms with Gasteiger partial charge >= 0.3 is 6.03 Å². The largest absolute Gasteiger partial charge is 0.352 e. The summed E-state index contributed by atoms with van der Waals surface area (Å²) in [5, 5.41) is 6.81. The lowest BCUT2D eigenvalue weighted by atomic mass is 10.1. The number of amides is 3. The van der Waals surface area contributed by atoms with Crippen LogP contribution in [0.1, 0.15) is 32.7 Å². The van der Waals surface area contributed by atoms with E-state index in [1.54, 1.807) is 40.9 Å². The number of carbonyl (C=O) groups is 2. The number of nitrogens with one attached hydrogen (secondary N) is 2. The summed E-state index contributed by atoms with van der Waals surface area (Å²) in [7, 11) is 0. The predicted octanol–water partition coefficient (Wildman–Crippen LogP) is 5.12. The van der Waals surface area contributed by atoms with Gasteiger partial charge in [0.1, 0.15) is 5.03 Å². The van der Waals surface area contributed by atoms with Crippen molar-refractivity contribution in [3.8, 4) is 0 Å². The van der Waals surface area contributed by atoms with Gasteiger partial charge in [0, 0.05) is 35.8 Å². The van der Waals surface area contributed by atoms with Crippen LogP contribution < -0.4 is 15.5 Å². The van der Waals surface area contributed by atoms with E-state index in [1.165, 1.54) is 11.1 Å². The molecule has 2 heterocycles. The van der Waals surface area contributed by atoms with Gasteiger partial charge in [-0.3, -0.25) is 9.69 Å². The highest BCUT2D eigenvalue weighted by Gasteiger charge is 2.26. The maximum atomic E-state index is 13.0. The number of rotatable bonds is 5. The third kappa shape index (κ3) is 5.37. The SMILES string of the molecule is Cc1cc(C)c2c(n1)SCCN2C(=O)Nc1ccc(C(=O)NCCc2ccccc2C)cc1. The van der Waals surface area contributed by atoms with Crippen LogP contribution in [-0.4, -0.2) is 35.8 Å². The molecule has 0 spiro atoms. The molecule has 1 aromatic heterocycles. The van der Waals surface area contributed by atoms with Gasteiger partial charge in [0.25, 0.3) is 5.91 Å². The summed E-state index contributed by atoms with van der Waals surface area (Å²) in [5.41, 5.74) is 6.53. The Balaban J connectivity index is 1.36. The van der Waals surface area contributed by atoms with Crippen LogP contribution in [0.15, 0.2) is 59.6 Å². The smallest absolute Gasteiger partial charge is 0.326 e. The molecular weight excluding hydrogens is 432 g/mol. The molecule has 1 aliphatic heterocycles. The molecular formula is C26H28N4O2S. The number of fused-ring (bicyclic) bond motifs is 1. The van der Waals surface area contributed by atoms with Crippen molar-refractivity contribution in [1.29, 1.82) is 0 Å². The van der Waals surface area contributed by atoms with Crippen LogP contribution in [0.2, 0.25) is 0 Å². The minimum Gasteiger partial charge on any atom is -0.352 e. The van der Waals surface area contributed by atoms with Crippen LogP contribution in [-0.2, 0) is 6.42 Å². The van der Waals surface area contributed by atoms with E-state index in [-0.39, 0.29) is 11.9 Å². The predicted molar refractivity (Wildman–Crippen MR) is 134 cm³/mol. The fourth-order valence-electron chi connectivity index (χ4n) is 3.97. The number of thioether (sulfide) groups is 1. The number of hydrogen-bond acceptors (Lipinski definition) is 4. The highest BCUT2D eigenvalue weighted by molar-refractivity contribution is 7.99. The third-order valence-electron chi connectivity index (χ3n) is 5.69. The molecule has 33 heavy (non-hydrogen) atoms. The van der Waals surface area contributed by atoms with Crippen molar-refractivity contribution in [2.45, 2.75) is 32.2 Å². The third-order valence-corrected chi connectivity index (χ3v) is 6.63. The topological polar surface area (TPSA) is 74.3 Å². The highest BCUT2D eigenvalue weighted by Crippen LogP contribution is 2.36. The van der Waals surface area contributed by atoms with Crippen molar-refractivity contribution in [2.75, 3.05) is 29.1 Å². The van der Waals surface area contributed by atoms with Crippen LogP contribution in [0.25, 0.3) is 0 Å². The minimum absolute atomic E-state index is 0.125. The molecule has 3 amide bonds. The van der Waals surface area contributed by atoms with Crippen molar-refractivity contribution < 1.29 is 9.59 Å². The molecule has 0 radical (unpaired) electrons. The fraction of sp³-hybridized carbons (Fsp3) is 0.269. The van der Waals surface area contributed by atoms with Gasteiger partial charge in [-0.05, 0) is 74.2 Å². The molecule has 170 valence electrons. The normalized spacial score (nSPS) is 12.8. The molecule has 4 rings (SSSR count). The summed E-state index contributed by atoms with van der Waals surface area (Å²) >= 11 is 1.68. The molecule has 0 aliphatic carbocycles. The maximum absolute atomic E-state index is 13.0. The minimum atomic E-state index is -0.194. The Labute approximate surface area is 198 Å². The molecule has 0 saturated heterocycles. The number of nitrogens with zero attached hydrogens (tertiary/aromatic N) is 2. The molecule has 0 bridgehead atoms. The molecule has 0 atom stereocenters. The Morgan fingerprint density at radius 2 is 1.79 bits per heavy atom. The number of hydrogen-bond donors (Lipinski definition) is 2. The van der Waals surface area contributed by atoms with Crippen LogP contribution >= 0.6 is 11.8 Å². The second-order valence-electron chi connectivity index (χ2n) is 8.17. The van der Waals surface area contributed by atoms with Crippen molar-refractivity contribution >= 4 is 35.1 Å².